The lowest BCUT2D eigenvalue weighted by Gasteiger charge is -2.26. The second-order valence-electron chi connectivity index (χ2n) is 3.49. The van der Waals surface area contributed by atoms with Gasteiger partial charge in [-0.05, 0) is 19.3 Å². The summed E-state index contributed by atoms with van der Waals surface area (Å²) in [5.41, 5.74) is 0. The van der Waals surface area contributed by atoms with Crippen LogP contribution in [0.5, 0.6) is 0 Å². The molecule has 0 aromatic rings. The topological polar surface area (TPSA) is 38.8 Å². The molecule has 0 aliphatic carbocycles. The highest BCUT2D eigenvalue weighted by molar-refractivity contribution is 5.77. The van der Waals surface area contributed by atoms with Gasteiger partial charge in [-0.3, -0.25) is 4.79 Å². The van der Waals surface area contributed by atoms with Crippen molar-refractivity contribution in [2.24, 2.45) is 0 Å². The van der Waals surface area contributed by atoms with E-state index in [1.807, 2.05) is 4.90 Å². The minimum atomic E-state index is 0.112. The third kappa shape index (κ3) is 4.07. The number of ether oxygens (including phenoxy) is 2. The van der Waals surface area contributed by atoms with Gasteiger partial charge in [0.05, 0.1) is 13.2 Å². The molecule has 0 bridgehead atoms. The van der Waals surface area contributed by atoms with Crippen molar-refractivity contribution < 1.29 is 14.3 Å². The third-order valence-corrected chi connectivity index (χ3v) is 2.37. The molecule has 1 fully saturated rings. The highest BCUT2D eigenvalue weighted by Crippen LogP contribution is 2.08. The number of carbonyl (C=O) groups excluding carboxylic acids is 1. The molecule has 0 spiro atoms. The van der Waals surface area contributed by atoms with Crippen molar-refractivity contribution in [3.8, 4) is 0 Å². The summed E-state index contributed by atoms with van der Waals surface area (Å²) in [6.45, 7) is 3.03. The first-order valence-electron chi connectivity index (χ1n) is 5.19. The normalized spacial score (nSPS) is 17.1. The average Bonchev–Trinajstić information content (AvgIpc) is 2.25. The van der Waals surface area contributed by atoms with Crippen LogP contribution < -0.4 is 0 Å². The van der Waals surface area contributed by atoms with E-state index < -0.39 is 0 Å². The van der Waals surface area contributed by atoms with Crippen LogP contribution in [0.25, 0.3) is 0 Å². The fraction of sp³-hybridized carbons (Fsp3) is 0.900. The molecular formula is C10H19NO3. The summed E-state index contributed by atoms with van der Waals surface area (Å²) in [4.78, 5) is 13.4. The molecule has 4 heteroatoms. The number of rotatable bonds is 5. The minimum Gasteiger partial charge on any atom is -0.382 e. The van der Waals surface area contributed by atoms with E-state index in [1.54, 1.807) is 7.11 Å². The standard InChI is InChI=1S/C10H19NO3/c1-13-7-8-14-9-10(12)11-5-3-2-4-6-11/h2-9H2,1H3. The molecule has 0 atom stereocenters. The van der Waals surface area contributed by atoms with Gasteiger partial charge in [0, 0.05) is 20.2 Å². The molecule has 1 rings (SSSR count). The molecule has 0 radical (unpaired) electrons. The van der Waals surface area contributed by atoms with Crippen molar-refractivity contribution in [2.45, 2.75) is 19.3 Å². The highest BCUT2D eigenvalue weighted by atomic mass is 16.5. The number of carbonyl (C=O) groups is 1. The van der Waals surface area contributed by atoms with E-state index in [2.05, 4.69) is 0 Å². The molecule has 1 heterocycles. The van der Waals surface area contributed by atoms with Gasteiger partial charge >= 0.3 is 0 Å². The van der Waals surface area contributed by atoms with Crippen LogP contribution in [-0.4, -0.2) is 50.8 Å². The van der Waals surface area contributed by atoms with E-state index in [9.17, 15) is 4.79 Å². The van der Waals surface area contributed by atoms with Crippen molar-refractivity contribution in [3.05, 3.63) is 0 Å². The van der Waals surface area contributed by atoms with Gasteiger partial charge in [0.25, 0.3) is 0 Å². The molecule has 1 aliphatic heterocycles. The predicted octanol–water partition coefficient (Wildman–Crippen LogP) is 0.662. The van der Waals surface area contributed by atoms with Gasteiger partial charge in [0.15, 0.2) is 0 Å². The first kappa shape index (κ1) is 11.5. The predicted molar refractivity (Wildman–Crippen MR) is 53.1 cm³/mol. The molecule has 82 valence electrons. The molecule has 1 aliphatic rings. The Morgan fingerprint density at radius 1 is 1.21 bits per heavy atom. The van der Waals surface area contributed by atoms with Crippen LogP contribution in [0, 0.1) is 0 Å². The smallest absolute Gasteiger partial charge is 0.248 e. The molecule has 4 nitrogen and oxygen atoms in total. The van der Waals surface area contributed by atoms with Crippen LogP contribution in [0.1, 0.15) is 19.3 Å². The van der Waals surface area contributed by atoms with Gasteiger partial charge in [-0.2, -0.15) is 0 Å². The van der Waals surface area contributed by atoms with Crippen molar-refractivity contribution in [2.75, 3.05) is 40.0 Å². The maximum absolute atomic E-state index is 11.5. The van der Waals surface area contributed by atoms with Crippen molar-refractivity contribution in [1.82, 2.24) is 4.90 Å². The van der Waals surface area contributed by atoms with E-state index in [-0.39, 0.29) is 12.5 Å². The van der Waals surface area contributed by atoms with Crippen molar-refractivity contribution >= 4 is 5.91 Å². The van der Waals surface area contributed by atoms with E-state index >= 15 is 0 Å². The Bertz CT molecular complexity index is 167. The lowest BCUT2D eigenvalue weighted by atomic mass is 10.1. The zero-order chi connectivity index (χ0) is 10.2. The lowest BCUT2D eigenvalue weighted by molar-refractivity contribution is -0.137. The number of amides is 1. The molecule has 1 saturated heterocycles. The Balaban J connectivity index is 2.07. The molecule has 14 heavy (non-hydrogen) atoms. The molecule has 0 aromatic carbocycles. The van der Waals surface area contributed by atoms with Gasteiger partial charge in [0.2, 0.25) is 5.91 Å². The molecule has 0 N–H and O–H groups in total. The number of hydrogen-bond donors (Lipinski definition) is 0. The van der Waals surface area contributed by atoms with Crippen LogP contribution in [0.3, 0.4) is 0 Å². The van der Waals surface area contributed by atoms with E-state index in [4.69, 9.17) is 9.47 Å². The molecule has 0 aromatic heterocycles. The molecule has 0 saturated carbocycles. The summed E-state index contributed by atoms with van der Waals surface area (Å²) in [7, 11) is 1.62. The maximum atomic E-state index is 11.5. The number of nitrogens with zero attached hydrogens (tertiary/aromatic N) is 1. The third-order valence-electron chi connectivity index (χ3n) is 2.37. The van der Waals surface area contributed by atoms with E-state index in [0.29, 0.717) is 13.2 Å². The zero-order valence-electron chi connectivity index (χ0n) is 8.83. The van der Waals surface area contributed by atoms with Crippen molar-refractivity contribution in [1.29, 1.82) is 0 Å². The summed E-state index contributed by atoms with van der Waals surface area (Å²) in [6.07, 6.45) is 3.50. The Hall–Kier alpha value is -0.610. The summed E-state index contributed by atoms with van der Waals surface area (Å²) < 4.78 is 9.99. The van der Waals surface area contributed by atoms with Gasteiger partial charge in [0.1, 0.15) is 6.61 Å². The first-order valence-corrected chi connectivity index (χ1v) is 5.19. The second kappa shape index (κ2) is 6.79. The van der Waals surface area contributed by atoms with Crippen LogP contribution >= 0.6 is 0 Å². The summed E-state index contributed by atoms with van der Waals surface area (Å²) in [5, 5.41) is 0. The number of hydrogen-bond acceptors (Lipinski definition) is 3. The van der Waals surface area contributed by atoms with Crippen molar-refractivity contribution in [3.63, 3.8) is 0 Å². The van der Waals surface area contributed by atoms with E-state index in [1.165, 1.54) is 6.42 Å². The van der Waals surface area contributed by atoms with Crippen LogP contribution in [0.2, 0.25) is 0 Å². The maximum Gasteiger partial charge on any atom is 0.248 e. The monoisotopic (exact) mass is 201 g/mol. The number of methoxy groups -OCH3 is 1. The SMILES string of the molecule is COCCOCC(=O)N1CCCCC1. The fourth-order valence-electron chi connectivity index (χ4n) is 1.54. The number of piperidine rings is 1. The van der Waals surface area contributed by atoms with Gasteiger partial charge in [-0.25, -0.2) is 0 Å². The second-order valence-corrected chi connectivity index (χ2v) is 3.49. The summed E-state index contributed by atoms with van der Waals surface area (Å²) in [5.74, 6) is 0.112. The molecule has 1 amide bonds. The Kier molecular flexibility index (Phi) is 5.56. The van der Waals surface area contributed by atoms with Gasteiger partial charge < -0.3 is 14.4 Å². The van der Waals surface area contributed by atoms with Crippen LogP contribution in [-0.2, 0) is 14.3 Å². The van der Waals surface area contributed by atoms with Crippen LogP contribution in [0.4, 0.5) is 0 Å². The zero-order valence-corrected chi connectivity index (χ0v) is 8.83. The first-order chi connectivity index (χ1) is 6.84. The summed E-state index contributed by atoms with van der Waals surface area (Å²) >= 11 is 0. The lowest BCUT2D eigenvalue weighted by Crippen LogP contribution is -2.38. The average molecular weight is 201 g/mol. The quantitative estimate of drug-likeness (QED) is 0.613. The van der Waals surface area contributed by atoms with E-state index in [0.717, 1.165) is 25.9 Å². The minimum absolute atomic E-state index is 0.112. The number of likely N-dealkylation sites (tertiary alicyclic amines) is 1. The molecule has 0 unspecified atom stereocenters. The largest absolute Gasteiger partial charge is 0.382 e. The van der Waals surface area contributed by atoms with Gasteiger partial charge in [-0.1, -0.05) is 0 Å². The Labute approximate surface area is 85.2 Å². The highest BCUT2D eigenvalue weighted by Gasteiger charge is 2.15. The van der Waals surface area contributed by atoms with Crippen LogP contribution in [0.15, 0.2) is 0 Å². The Morgan fingerprint density at radius 3 is 2.57 bits per heavy atom. The fourth-order valence-corrected chi connectivity index (χ4v) is 1.54. The van der Waals surface area contributed by atoms with Gasteiger partial charge in [-0.15, -0.1) is 0 Å². The summed E-state index contributed by atoms with van der Waals surface area (Å²) in [6, 6.07) is 0. The molecular weight excluding hydrogens is 182 g/mol. The Morgan fingerprint density at radius 2 is 1.93 bits per heavy atom.